The molecule has 0 saturated carbocycles. The maximum absolute atomic E-state index is 13.4. The number of alkyl halides is 3. The number of anilines is 2. The minimum atomic E-state index is -4.40. The standard InChI is InChI=1S/C23H26F3N5O/c1-14-17(4-3-5-20(14)23(24,25)26)15(2)28-22-19-12-16(31-8-10-32-11-9-31)6-7-18(19)21(13-27)29-30-22/h3-7,12,15H,8-11,13,27H2,1-2H3,(H,28,30). The number of hydrogen-bond donors (Lipinski definition) is 2. The van der Waals surface area contributed by atoms with E-state index in [9.17, 15) is 13.2 Å². The molecular formula is C23H26F3N5O. The molecular weight excluding hydrogens is 419 g/mol. The molecule has 0 bridgehead atoms. The zero-order valence-corrected chi connectivity index (χ0v) is 18.0. The fraction of sp³-hybridized carbons (Fsp3) is 0.391. The van der Waals surface area contributed by atoms with Crippen molar-refractivity contribution in [3.63, 3.8) is 0 Å². The number of nitrogens with one attached hydrogen (secondary N) is 1. The van der Waals surface area contributed by atoms with E-state index in [4.69, 9.17) is 10.5 Å². The summed E-state index contributed by atoms with van der Waals surface area (Å²) in [7, 11) is 0. The molecule has 1 atom stereocenters. The van der Waals surface area contributed by atoms with E-state index in [2.05, 4.69) is 20.4 Å². The Morgan fingerprint density at radius 2 is 1.88 bits per heavy atom. The highest BCUT2D eigenvalue weighted by molar-refractivity contribution is 5.95. The van der Waals surface area contributed by atoms with Gasteiger partial charge in [-0.05, 0) is 43.2 Å². The summed E-state index contributed by atoms with van der Waals surface area (Å²) in [5.41, 5.74) is 7.68. The predicted octanol–water partition coefficient (Wildman–Crippen LogP) is 4.43. The van der Waals surface area contributed by atoms with Crippen LogP contribution in [0.3, 0.4) is 0 Å². The van der Waals surface area contributed by atoms with Crippen molar-refractivity contribution in [3.8, 4) is 0 Å². The lowest BCUT2D eigenvalue weighted by molar-refractivity contribution is -0.138. The Bertz CT molecular complexity index is 1110. The van der Waals surface area contributed by atoms with Crippen molar-refractivity contribution in [1.29, 1.82) is 0 Å². The molecule has 6 nitrogen and oxygen atoms in total. The first kappa shape index (κ1) is 22.3. The second-order valence-corrected chi connectivity index (χ2v) is 7.91. The van der Waals surface area contributed by atoms with Gasteiger partial charge >= 0.3 is 6.18 Å². The first-order valence-corrected chi connectivity index (χ1v) is 10.5. The number of halogens is 3. The first-order valence-electron chi connectivity index (χ1n) is 10.5. The summed E-state index contributed by atoms with van der Waals surface area (Å²) in [5.74, 6) is 0.511. The largest absolute Gasteiger partial charge is 0.416 e. The molecule has 3 N–H and O–H groups in total. The van der Waals surface area contributed by atoms with Gasteiger partial charge in [-0.15, -0.1) is 5.10 Å². The highest BCUT2D eigenvalue weighted by Gasteiger charge is 2.33. The average molecular weight is 445 g/mol. The van der Waals surface area contributed by atoms with Crippen molar-refractivity contribution in [2.75, 3.05) is 36.5 Å². The lowest BCUT2D eigenvalue weighted by Crippen LogP contribution is -2.36. The topological polar surface area (TPSA) is 76.3 Å². The van der Waals surface area contributed by atoms with Crippen LogP contribution in [0.5, 0.6) is 0 Å². The minimum Gasteiger partial charge on any atom is -0.378 e. The summed E-state index contributed by atoms with van der Waals surface area (Å²) < 4.78 is 45.5. The maximum Gasteiger partial charge on any atom is 0.416 e. The zero-order chi connectivity index (χ0) is 22.9. The van der Waals surface area contributed by atoms with Gasteiger partial charge in [0, 0.05) is 36.1 Å². The van der Waals surface area contributed by atoms with E-state index >= 15 is 0 Å². The molecule has 0 aliphatic carbocycles. The van der Waals surface area contributed by atoms with Crippen molar-refractivity contribution in [2.24, 2.45) is 5.73 Å². The molecule has 2 heterocycles. The van der Waals surface area contributed by atoms with Crippen LogP contribution in [0.1, 0.15) is 35.3 Å². The fourth-order valence-electron chi connectivity index (χ4n) is 4.19. The third-order valence-corrected chi connectivity index (χ3v) is 5.91. The third-order valence-electron chi connectivity index (χ3n) is 5.91. The van der Waals surface area contributed by atoms with Gasteiger partial charge in [0.05, 0.1) is 30.5 Å². The number of aromatic nitrogens is 2. The second-order valence-electron chi connectivity index (χ2n) is 7.91. The molecule has 1 aromatic heterocycles. The van der Waals surface area contributed by atoms with Crippen molar-refractivity contribution in [1.82, 2.24) is 10.2 Å². The fourth-order valence-corrected chi connectivity index (χ4v) is 4.19. The van der Waals surface area contributed by atoms with E-state index in [1.54, 1.807) is 6.07 Å². The number of nitrogens with two attached hydrogens (primary N) is 1. The van der Waals surface area contributed by atoms with Crippen LogP contribution in [0.4, 0.5) is 24.7 Å². The van der Waals surface area contributed by atoms with E-state index in [-0.39, 0.29) is 12.1 Å². The van der Waals surface area contributed by atoms with Crippen LogP contribution in [0, 0.1) is 6.92 Å². The number of rotatable bonds is 5. The van der Waals surface area contributed by atoms with Crippen LogP contribution in [0.15, 0.2) is 36.4 Å². The Morgan fingerprint density at radius 3 is 2.56 bits per heavy atom. The molecule has 0 amide bonds. The summed E-state index contributed by atoms with van der Waals surface area (Å²) in [5, 5.41) is 13.5. The van der Waals surface area contributed by atoms with Gasteiger partial charge < -0.3 is 20.7 Å². The molecule has 32 heavy (non-hydrogen) atoms. The smallest absolute Gasteiger partial charge is 0.378 e. The Labute approximate surface area is 184 Å². The summed E-state index contributed by atoms with van der Waals surface area (Å²) in [4.78, 5) is 2.23. The van der Waals surface area contributed by atoms with E-state index in [0.717, 1.165) is 35.6 Å². The summed E-state index contributed by atoms with van der Waals surface area (Å²) in [6.07, 6.45) is -4.40. The molecule has 1 fully saturated rings. The number of nitrogens with zero attached hydrogens (tertiary/aromatic N) is 3. The number of hydrogen-bond acceptors (Lipinski definition) is 6. The van der Waals surface area contributed by atoms with Crippen molar-refractivity contribution in [2.45, 2.75) is 32.6 Å². The molecule has 4 rings (SSSR count). The van der Waals surface area contributed by atoms with Crippen LogP contribution < -0.4 is 16.0 Å². The normalized spacial score (nSPS) is 15.8. The molecule has 0 radical (unpaired) electrons. The molecule has 9 heteroatoms. The molecule has 2 aromatic carbocycles. The lowest BCUT2D eigenvalue weighted by atomic mass is 9.97. The SMILES string of the molecule is Cc1c(C(C)Nc2nnc(CN)c3ccc(N4CCOCC4)cc23)cccc1C(F)(F)F. The van der Waals surface area contributed by atoms with Gasteiger partial charge in [0.1, 0.15) is 0 Å². The highest BCUT2D eigenvalue weighted by atomic mass is 19.4. The molecule has 170 valence electrons. The van der Waals surface area contributed by atoms with Gasteiger partial charge in [-0.3, -0.25) is 0 Å². The molecule has 1 unspecified atom stereocenters. The Morgan fingerprint density at radius 1 is 1.12 bits per heavy atom. The number of benzene rings is 2. The van der Waals surface area contributed by atoms with Crippen molar-refractivity contribution < 1.29 is 17.9 Å². The lowest BCUT2D eigenvalue weighted by Gasteiger charge is -2.29. The van der Waals surface area contributed by atoms with Crippen LogP contribution >= 0.6 is 0 Å². The zero-order valence-electron chi connectivity index (χ0n) is 18.0. The molecule has 1 aliphatic rings. The van der Waals surface area contributed by atoms with E-state index in [1.807, 2.05) is 25.1 Å². The Hall–Kier alpha value is -2.91. The van der Waals surface area contributed by atoms with Gasteiger partial charge in [-0.25, -0.2) is 0 Å². The third kappa shape index (κ3) is 4.35. The summed E-state index contributed by atoms with van der Waals surface area (Å²) in [6.45, 7) is 6.46. The number of ether oxygens (including phenoxy) is 1. The average Bonchev–Trinajstić information content (AvgIpc) is 2.79. The van der Waals surface area contributed by atoms with Crippen LogP contribution in [0.25, 0.3) is 10.8 Å². The van der Waals surface area contributed by atoms with Gasteiger partial charge in [0.15, 0.2) is 5.82 Å². The van der Waals surface area contributed by atoms with Crippen molar-refractivity contribution in [3.05, 3.63) is 58.8 Å². The van der Waals surface area contributed by atoms with E-state index < -0.39 is 17.8 Å². The van der Waals surface area contributed by atoms with E-state index in [1.165, 1.54) is 13.0 Å². The number of morpholine rings is 1. The van der Waals surface area contributed by atoms with Gasteiger partial charge in [-0.2, -0.15) is 18.3 Å². The van der Waals surface area contributed by atoms with Gasteiger partial charge in [0.2, 0.25) is 0 Å². The quantitative estimate of drug-likeness (QED) is 0.605. The maximum atomic E-state index is 13.4. The minimum absolute atomic E-state index is 0.199. The molecule has 3 aromatic rings. The van der Waals surface area contributed by atoms with Gasteiger partial charge in [0.25, 0.3) is 0 Å². The van der Waals surface area contributed by atoms with E-state index in [0.29, 0.717) is 30.3 Å². The van der Waals surface area contributed by atoms with Crippen LogP contribution in [-0.4, -0.2) is 36.5 Å². The second kappa shape index (κ2) is 8.91. The molecule has 1 saturated heterocycles. The van der Waals surface area contributed by atoms with Crippen LogP contribution in [0.2, 0.25) is 0 Å². The highest BCUT2D eigenvalue weighted by Crippen LogP contribution is 2.36. The van der Waals surface area contributed by atoms with Crippen molar-refractivity contribution >= 4 is 22.3 Å². The number of fused-ring (bicyclic) bond motifs is 1. The molecule has 1 aliphatic heterocycles. The monoisotopic (exact) mass is 445 g/mol. The van der Waals surface area contributed by atoms with Gasteiger partial charge in [-0.1, -0.05) is 18.2 Å². The molecule has 0 spiro atoms. The summed E-state index contributed by atoms with van der Waals surface area (Å²) >= 11 is 0. The first-order chi connectivity index (χ1) is 15.3. The Balaban J connectivity index is 1.72. The summed E-state index contributed by atoms with van der Waals surface area (Å²) in [6, 6.07) is 9.85. The predicted molar refractivity (Wildman–Crippen MR) is 119 cm³/mol. The Kier molecular flexibility index (Phi) is 6.21. The van der Waals surface area contributed by atoms with Crippen LogP contribution in [-0.2, 0) is 17.5 Å².